The topological polar surface area (TPSA) is 38.5 Å². The Labute approximate surface area is 123 Å². The fourth-order valence-electron chi connectivity index (χ4n) is 2.93. The summed E-state index contributed by atoms with van der Waals surface area (Å²) in [6.45, 7) is 10.7. The molecule has 1 aliphatic rings. The fourth-order valence-corrected chi connectivity index (χ4v) is 2.93. The van der Waals surface area contributed by atoms with E-state index in [-0.39, 0.29) is 6.04 Å². The number of benzene rings is 1. The highest BCUT2D eigenvalue weighted by Crippen LogP contribution is 2.25. The molecule has 0 aliphatic carbocycles. The van der Waals surface area contributed by atoms with Gasteiger partial charge in [0.25, 0.3) is 0 Å². The Morgan fingerprint density at radius 1 is 1.30 bits per heavy atom. The van der Waals surface area contributed by atoms with Gasteiger partial charge in [0.05, 0.1) is 6.61 Å². The van der Waals surface area contributed by atoms with Crippen molar-refractivity contribution < 1.29 is 4.74 Å². The van der Waals surface area contributed by atoms with Gasteiger partial charge in [-0.1, -0.05) is 26.0 Å². The summed E-state index contributed by atoms with van der Waals surface area (Å²) in [6, 6.07) is 8.30. The maximum Gasteiger partial charge on any atom is 0.119 e. The molecule has 1 saturated heterocycles. The first-order valence-electron chi connectivity index (χ1n) is 7.80. The molecule has 20 heavy (non-hydrogen) atoms. The number of rotatable bonds is 6. The summed E-state index contributed by atoms with van der Waals surface area (Å²) in [6.07, 6.45) is 1.31. The van der Waals surface area contributed by atoms with Crippen LogP contribution in [-0.2, 0) is 0 Å². The van der Waals surface area contributed by atoms with E-state index < -0.39 is 0 Å². The monoisotopic (exact) mass is 276 g/mol. The van der Waals surface area contributed by atoms with Crippen LogP contribution in [0.15, 0.2) is 24.3 Å². The third-order valence-electron chi connectivity index (χ3n) is 4.33. The van der Waals surface area contributed by atoms with E-state index in [4.69, 9.17) is 10.5 Å². The molecule has 1 fully saturated rings. The van der Waals surface area contributed by atoms with Crippen LogP contribution in [0, 0.1) is 11.8 Å². The molecular formula is C17H28N2O. The molecule has 1 aromatic rings. The highest BCUT2D eigenvalue weighted by molar-refractivity contribution is 5.29. The van der Waals surface area contributed by atoms with Gasteiger partial charge in [-0.25, -0.2) is 0 Å². The summed E-state index contributed by atoms with van der Waals surface area (Å²) in [5.41, 5.74) is 7.53. The van der Waals surface area contributed by atoms with E-state index >= 15 is 0 Å². The van der Waals surface area contributed by atoms with Crippen molar-refractivity contribution in [2.45, 2.75) is 33.2 Å². The molecule has 2 unspecified atom stereocenters. The van der Waals surface area contributed by atoms with Crippen molar-refractivity contribution >= 4 is 0 Å². The van der Waals surface area contributed by atoms with Crippen LogP contribution in [0.5, 0.6) is 5.75 Å². The first kappa shape index (κ1) is 15.3. The van der Waals surface area contributed by atoms with Gasteiger partial charge >= 0.3 is 0 Å². The first-order valence-corrected chi connectivity index (χ1v) is 7.80. The lowest BCUT2D eigenvalue weighted by Gasteiger charge is -2.22. The summed E-state index contributed by atoms with van der Waals surface area (Å²) in [7, 11) is 0. The van der Waals surface area contributed by atoms with Crippen LogP contribution in [0.2, 0.25) is 0 Å². The van der Waals surface area contributed by atoms with E-state index in [9.17, 15) is 0 Å². The predicted octanol–water partition coefficient (Wildman–Crippen LogP) is 3.06. The van der Waals surface area contributed by atoms with Gasteiger partial charge in [-0.3, -0.25) is 0 Å². The van der Waals surface area contributed by atoms with Gasteiger partial charge in [0.1, 0.15) is 5.75 Å². The third kappa shape index (κ3) is 3.97. The Balaban J connectivity index is 1.87. The molecule has 1 aromatic carbocycles. The molecule has 0 spiro atoms. The van der Waals surface area contributed by atoms with Crippen molar-refractivity contribution in [1.29, 1.82) is 0 Å². The molecule has 3 heteroatoms. The largest absolute Gasteiger partial charge is 0.494 e. The quantitative estimate of drug-likeness (QED) is 0.868. The minimum atomic E-state index is 0.0941. The van der Waals surface area contributed by atoms with Crippen molar-refractivity contribution in [1.82, 2.24) is 4.90 Å². The summed E-state index contributed by atoms with van der Waals surface area (Å²) >= 11 is 0. The highest BCUT2D eigenvalue weighted by Gasteiger charge is 2.25. The van der Waals surface area contributed by atoms with Gasteiger partial charge in [0, 0.05) is 19.1 Å². The van der Waals surface area contributed by atoms with E-state index in [0.717, 1.165) is 24.1 Å². The van der Waals surface area contributed by atoms with E-state index in [0.29, 0.717) is 6.61 Å². The van der Waals surface area contributed by atoms with Gasteiger partial charge < -0.3 is 15.4 Å². The average Bonchev–Trinajstić information content (AvgIpc) is 2.88. The van der Waals surface area contributed by atoms with Crippen LogP contribution in [0.3, 0.4) is 0 Å². The Bertz CT molecular complexity index is 402. The molecule has 0 radical (unpaired) electrons. The fraction of sp³-hybridized carbons (Fsp3) is 0.647. The van der Waals surface area contributed by atoms with Crippen molar-refractivity contribution in [3.05, 3.63) is 29.8 Å². The molecule has 3 nitrogen and oxygen atoms in total. The zero-order valence-corrected chi connectivity index (χ0v) is 13.0. The van der Waals surface area contributed by atoms with Crippen molar-refractivity contribution in [2.24, 2.45) is 17.6 Å². The lowest BCUT2D eigenvalue weighted by atomic mass is 9.95. The number of nitrogens with two attached hydrogens (primary N) is 1. The standard InChI is InChI=1S/C17H28N2O/c1-4-20-16-7-5-14(6-8-16)17(18)12-19-10-9-15(11-19)13(2)3/h5-8,13,15,17H,4,9-12,18H2,1-3H3. The Hall–Kier alpha value is -1.06. The van der Waals surface area contributed by atoms with Crippen LogP contribution in [0.4, 0.5) is 0 Å². The molecule has 1 aliphatic heterocycles. The summed E-state index contributed by atoms with van der Waals surface area (Å²) in [4.78, 5) is 2.51. The van der Waals surface area contributed by atoms with Crippen LogP contribution < -0.4 is 10.5 Å². The van der Waals surface area contributed by atoms with E-state index in [1.807, 2.05) is 19.1 Å². The maximum absolute atomic E-state index is 6.34. The van der Waals surface area contributed by atoms with Crippen molar-refractivity contribution in [3.63, 3.8) is 0 Å². The van der Waals surface area contributed by atoms with E-state index in [1.165, 1.54) is 25.1 Å². The smallest absolute Gasteiger partial charge is 0.119 e. The Morgan fingerprint density at radius 2 is 2.00 bits per heavy atom. The molecule has 0 saturated carbocycles. The number of likely N-dealkylation sites (tertiary alicyclic amines) is 1. The van der Waals surface area contributed by atoms with E-state index in [2.05, 4.69) is 30.9 Å². The Morgan fingerprint density at radius 3 is 2.55 bits per heavy atom. The second-order valence-corrected chi connectivity index (χ2v) is 6.16. The summed E-state index contributed by atoms with van der Waals surface area (Å²) < 4.78 is 5.46. The van der Waals surface area contributed by atoms with Gasteiger partial charge in [-0.05, 0) is 49.4 Å². The lowest BCUT2D eigenvalue weighted by molar-refractivity contribution is 0.287. The molecule has 2 rings (SSSR count). The number of ether oxygens (including phenoxy) is 1. The summed E-state index contributed by atoms with van der Waals surface area (Å²) in [5.74, 6) is 2.54. The van der Waals surface area contributed by atoms with Crippen LogP contribution >= 0.6 is 0 Å². The molecule has 0 bridgehead atoms. The average molecular weight is 276 g/mol. The minimum Gasteiger partial charge on any atom is -0.494 e. The SMILES string of the molecule is CCOc1ccc(C(N)CN2CCC(C(C)C)C2)cc1. The van der Waals surface area contributed by atoms with Crippen molar-refractivity contribution in [2.75, 3.05) is 26.2 Å². The second-order valence-electron chi connectivity index (χ2n) is 6.16. The van der Waals surface area contributed by atoms with Crippen molar-refractivity contribution in [3.8, 4) is 5.75 Å². The Kier molecular flexibility index (Phi) is 5.44. The second kappa shape index (κ2) is 7.09. The van der Waals surface area contributed by atoms with Gasteiger partial charge in [0.15, 0.2) is 0 Å². The molecule has 2 N–H and O–H groups in total. The molecule has 2 atom stereocenters. The first-order chi connectivity index (χ1) is 9.60. The third-order valence-corrected chi connectivity index (χ3v) is 4.33. The maximum atomic E-state index is 6.34. The summed E-state index contributed by atoms with van der Waals surface area (Å²) in [5, 5.41) is 0. The molecule has 0 amide bonds. The van der Waals surface area contributed by atoms with Gasteiger partial charge in [-0.2, -0.15) is 0 Å². The number of hydrogen-bond donors (Lipinski definition) is 1. The normalized spacial score (nSPS) is 21.4. The minimum absolute atomic E-state index is 0.0941. The molecule has 112 valence electrons. The molecule has 1 heterocycles. The van der Waals surface area contributed by atoms with E-state index in [1.54, 1.807) is 0 Å². The molecule has 0 aromatic heterocycles. The highest BCUT2D eigenvalue weighted by atomic mass is 16.5. The number of hydrogen-bond acceptors (Lipinski definition) is 3. The zero-order valence-electron chi connectivity index (χ0n) is 13.0. The van der Waals surface area contributed by atoms with Crippen LogP contribution in [0.1, 0.15) is 38.8 Å². The lowest BCUT2D eigenvalue weighted by Crippen LogP contribution is -2.31. The van der Waals surface area contributed by atoms with Crippen LogP contribution in [0.25, 0.3) is 0 Å². The zero-order chi connectivity index (χ0) is 14.5. The van der Waals surface area contributed by atoms with Gasteiger partial charge in [0.2, 0.25) is 0 Å². The number of nitrogens with zero attached hydrogens (tertiary/aromatic N) is 1. The van der Waals surface area contributed by atoms with Crippen LogP contribution in [-0.4, -0.2) is 31.1 Å². The predicted molar refractivity (Wildman–Crippen MR) is 83.9 cm³/mol. The van der Waals surface area contributed by atoms with Gasteiger partial charge in [-0.15, -0.1) is 0 Å². The molecular weight excluding hydrogens is 248 g/mol.